The molecule has 0 aliphatic carbocycles. The number of fused-ring (bicyclic) bond motifs is 2. The van der Waals surface area contributed by atoms with Crippen molar-refractivity contribution in [2.45, 2.75) is 69.4 Å². The Hall–Kier alpha value is -8.01. The lowest BCUT2D eigenvalue weighted by molar-refractivity contribution is -0.134. The number of ether oxygens (including phenoxy) is 1. The van der Waals surface area contributed by atoms with Gasteiger partial charge in [0.1, 0.15) is 37.1 Å². The minimum absolute atomic E-state index is 0.00521. The molecule has 7 aromatic rings. The second-order valence-electron chi connectivity index (χ2n) is 15.5. The Labute approximate surface area is 368 Å². The molecule has 0 saturated carbocycles. The van der Waals surface area contributed by atoms with Gasteiger partial charge in [-0.15, -0.1) is 0 Å². The van der Waals surface area contributed by atoms with Crippen LogP contribution in [0.25, 0.3) is 21.8 Å². The molecule has 16 heteroatoms. The maximum absolute atomic E-state index is 14.3. The van der Waals surface area contributed by atoms with Gasteiger partial charge in [0.05, 0.1) is 12.4 Å². The van der Waals surface area contributed by atoms with E-state index in [0.717, 1.165) is 38.5 Å². The van der Waals surface area contributed by atoms with E-state index in [-0.39, 0.29) is 32.3 Å². The lowest BCUT2D eigenvalue weighted by Crippen LogP contribution is -2.59. The molecule has 0 aliphatic rings. The molecule has 3 aromatic heterocycles. The number of alkyl carbamates (subject to hydrolysis) is 1. The van der Waals surface area contributed by atoms with Gasteiger partial charge in [-0.2, -0.15) is 0 Å². The van der Waals surface area contributed by atoms with E-state index in [9.17, 15) is 28.8 Å². The number of nitrogens with zero attached hydrogens (tertiary/aromatic N) is 1. The Morgan fingerprint density at radius 2 is 1.09 bits per heavy atom. The summed E-state index contributed by atoms with van der Waals surface area (Å²) in [5, 5.41) is 15.4. The van der Waals surface area contributed by atoms with Crippen LogP contribution < -0.4 is 26.6 Å². The van der Waals surface area contributed by atoms with Crippen LogP contribution in [0.1, 0.15) is 34.9 Å². The number of imidazole rings is 1. The molecule has 0 aliphatic heterocycles. The van der Waals surface area contributed by atoms with E-state index in [2.05, 4.69) is 46.5 Å². The van der Waals surface area contributed by atoms with Crippen molar-refractivity contribution in [3.05, 3.63) is 162 Å². The second kappa shape index (κ2) is 21.2. The number of aromatic amines is 3. The Kier molecular flexibility index (Phi) is 14.6. The van der Waals surface area contributed by atoms with Gasteiger partial charge in [-0.25, -0.2) is 9.78 Å². The van der Waals surface area contributed by atoms with Crippen LogP contribution in [-0.2, 0) is 61.0 Å². The van der Waals surface area contributed by atoms with Crippen molar-refractivity contribution in [2.24, 2.45) is 0 Å². The van der Waals surface area contributed by atoms with Crippen LogP contribution in [-0.4, -0.2) is 86.2 Å². The number of hydrogen-bond acceptors (Lipinski definition) is 8. The standard InChI is InChI=1S/C48H49N9O7/c1-30(44(59)55-42(22-34-25-51-40-19-11-9-17-38(34)40)46(61)54-36(27-58)20-31-12-4-2-5-13-31)53-45(60)41(21-33-24-50-39-18-10-8-16-37(33)39)56-47(62)43(23-35-26-49-29-52-35)57-48(63)64-28-32-14-6-3-7-15-32/h2-19,24-27,29-30,36,41-43,50-51H,20-23,28H2,1H3,(H,49,52)(H,53,60)(H,54,61)(H,55,59)(H,56,62)(H,57,63)/t30-,36+,41+,42-,43-/m0/s1. The fourth-order valence-corrected chi connectivity index (χ4v) is 7.42. The first kappa shape index (κ1) is 44.1. The number of rotatable bonds is 20. The number of para-hydroxylation sites is 2. The van der Waals surface area contributed by atoms with Crippen molar-refractivity contribution < 1.29 is 33.5 Å². The molecule has 0 saturated heterocycles. The molecule has 5 amide bonds. The number of aromatic nitrogens is 4. The molecule has 7 rings (SSSR count). The van der Waals surface area contributed by atoms with Crippen LogP contribution in [0.15, 0.2) is 134 Å². The van der Waals surface area contributed by atoms with Crippen molar-refractivity contribution in [1.29, 1.82) is 0 Å². The van der Waals surface area contributed by atoms with Crippen LogP contribution in [0.2, 0.25) is 0 Å². The van der Waals surface area contributed by atoms with Gasteiger partial charge in [0.15, 0.2) is 0 Å². The van der Waals surface area contributed by atoms with Gasteiger partial charge in [-0.05, 0) is 47.7 Å². The molecule has 328 valence electrons. The van der Waals surface area contributed by atoms with E-state index in [1.165, 1.54) is 19.4 Å². The molecule has 0 unspecified atom stereocenters. The third-order valence-electron chi connectivity index (χ3n) is 10.8. The van der Waals surface area contributed by atoms with E-state index in [1.807, 2.05) is 97.1 Å². The fraction of sp³-hybridized carbons (Fsp3) is 0.229. The number of nitrogens with one attached hydrogen (secondary N) is 8. The molecular formula is C48H49N9O7. The van der Waals surface area contributed by atoms with Gasteiger partial charge < -0.3 is 51.1 Å². The molecular weight excluding hydrogens is 815 g/mol. The van der Waals surface area contributed by atoms with Gasteiger partial charge in [0.25, 0.3) is 0 Å². The van der Waals surface area contributed by atoms with Crippen LogP contribution >= 0.6 is 0 Å². The quantitative estimate of drug-likeness (QED) is 0.0519. The summed E-state index contributed by atoms with van der Waals surface area (Å²) in [6.45, 7) is 1.43. The first-order chi connectivity index (χ1) is 31.1. The van der Waals surface area contributed by atoms with E-state index in [0.29, 0.717) is 17.5 Å². The van der Waals surface area contributed by atoms with Crippen LogP contribution in [0, 0.1) is 0 Å². The summed E-state index contributed by atoms with van der Waals surface area (Å²) >= 11 is 0. The van der Waals surface area contributed by atoms with Crippen LogP contribution in [0.4, 0.5) is 4.79 Å². The largest absolute Gasteiger partial charge is 0.445 e. The number of aldehydes is 1. The molecule has 5 atom stereocenters. The Balaban J connectivity index is 1.08. The number of H-pyrrole nitrogens is 3. The zero-order valence-electron chi connectivity index (χ0n) is 35.0. The minimum Gasteiger partial charge on any atom is -0.445 e. The molecule has 16 nitrogen and oxygen atoms in total. The Morgan fingerprint density at radius 1 is 0.578 bits per heavy atom. The summed E-state index contributed by atoms with van der Waals surface area (Å²) in [6, 6.07) is 27.6. The number of hydrogen-bond donors (Lipinski definition) is 8. The summed E-state index contributed by atoms with van der Waals surface area (Å²) in [6.07, 6.45) is 6.57. The molecule has 4 aromatic carbocycles. The highest BCUT2D eigenvalue weighted by molar-refractivity contribution is 5.96. The minimum atomic E-state index is -1.25. The average Bonchev–Trinajstić information content (AvgIpc) is 4.09. The number of amides is 5. The van der Waals surface area contributed by atoms with Gasteiger partial charge >= 0.3 is 6.09 Å². The molecule has 64 heavy (non-hydrogen) atoms. The summed E-state index contributed by atoms with van der Waals surface area (Å²) in [7, 11) is 0. The van der Waals surface area contributed by atoms with Crippen molar-refractivity contribution in [1.82, 2.24) is 46.5 Å². The number of carbonyl (C=O) groups is 6. The molecule has 3 heterocycles. The van der Waals surface area contributed by atoms with E-state index in [4.69, 9.17) is 4.74 Å². The first-order valence-corrected chi connectivity index (χ1v) is 20.9. The lowest BCUT2D eigenvalue weighted by Gasteiger charge is -2.25. The van der Waals surface area contributed by atoms with Gasteiger partial charge in [0.2, 0.25) is 23.6 Å². The summed E-state index contributed by atoms with van der Waals surface area (Å²) < 4.78 is 5.42. The predicted octanol–water partition coefficient (Wildman–Crippen LogP) is 4.10. The smallest absolute Gasteiger partial charge is 0.408 e. The highest BCUT2D eigenvalue weighted by Crippen LogP contribution is 2.21. The summed E-state index contributed by atoms with van der Waals surface area (Å²) in [5.41, 5.74) is 5.25. The van der Waals surface area contributed by atoms with Crippen LogP contribution in [0.5, 0.6) is 0 Å². The predicted molar refractivity (Wildman–Crippen MR) is 239 cm³/mol. The Morgan fingerprint density at radius 3 is 1.67 bits per heavy atom. The average molecular weight is 864 g/mol. The summed E-state index contributed by atoms with van der Waals surface area (Å²) in [4.78, 5) is 94.9. The lowest BCUT2D eigenvalue weighted by atomic mass is 10.0. The SMILES string of the molecule is C[C@H](NC(=O)[C@@H](Cc1c[nH]c2ccccc12)NC(=O)[C@H](Cc1cnc[nH]1)NC(=O)OCc1ccccc1)C(=O)N[C@@H](Cc1c[nH]c2ccccc12)C(=O)N[C@@H](C=O)Cc1ccccc1. The first-order valence-electron chi connectivity index (χ1n) is 20.9. The topological polar surface area (TPSA) is 232 Å². The third-order valence-corrected chi connectivity index (χ3v) is 10.8. The molecule has 0 fully saturated rings. The van der Waals surface area contributed by atoms with Crippen LogP contribution in [0.3, 0.4) is 0 Å². The maximum atomic E-state index is 14.3. The molecule has 0 bridgehead atoms. The zero-order chi connectivity index (χ0) is 44.8. The van der Waals surface area contributed by atoms with Gasteiger partial charge in [-0.3, -0.25) is 19.2 Å². The van der Waals surface area contributed by atoms with E-state index >= 15 is 0 Å². The highest BCUT2D eigenvalue weighted by atomic mass is 16.5. The molecule has 0 radical (unpaired) electrons. The zero-order valence-corrected chi connectivity index (χ0v) is 35.0. The maximum Gasteiger partial charge on any atom is 0.408 e. The normalized spacial score (nSPS) is 13.5. The van der Waals surface area contributed by atoms with E-state index < -0.39 is 59.9 Å². The third kappa shape index (κ3) is 11.7. The monoisotopic (exact) mass is 863 g/mol. The molecule has 0 spiro atoms. The summed E-state index contributed by atoms with van der Waals surface area (Å²) in [5.74, 6) is -2.67. The van der Waals surface area contributed by atoms with Crippen molar-refractivity contribution in [2.75, 3.05) is 0 Å². The fourth-order valence-electron chi connectivity index (χ4n) is 7.42. The Bertz CT molecular complexity index is 2680. The van der Waals surface area contributed by atoms with Gasteiger partial charge in [0, 0.05) is 65.4 Å². The number of benzene rings is 4. The van der Waals surface area contributed by atoms with E-state index in [1.54, 1.807) is 24.5 Å². The van der Waals surface area contributed by atoms with Crippen molar-refractivity contribution in [3.8, 4) is 0 Å². The molecule has 8 N–H and O–H groups in total. The highest BCUT2D eigenvalue weighted by Gasteiger charge is 2.32. The number of carbonyl (C=O) groups excluding carboxylic acids is 6. The second-order valence-corrected chi connectivity index (χ2v) is 15.5. The van der Waals surface area contributed by atoms with Gasteiger partial charge in [-0.1, -0.05) is 97.1 Å². The van der Waals surface area contributed by atoms with Crippen molar-refractivity contribution >= 4 is 57.8 Å². The van der Waals surface area contributed by atoms with Crippen molar-refractivity contribution in [3.63, 3.8) is 0 Å².